The number of aliphatic hydroxyl groups excluding tert-OH is 1. The van der Waals surface area contributed by atoms with Gasteiger partial charge in [0.15, 0.2) is 0 Å². The van der Waals surface area contributed by atoms with Crippen LogP contribution in [0, 0.1) is 17.8 Å². The molecule has 0 spiro atoms. The Bertz CT molecular complexity index is 2260. The number of aliphatic hydroxyl groups is 1. The van der Waals surface area contributed by atoms with Gasteiger partial charge in [0.1, 0.15) is 48.3 Å². The van der Waals surface area contributed by atoms with Crippen molar-refractivity contribution in [1.82, 2.24) is 42.5 Å². The molecular weight excluding hydrogens is 1030 g/mol. The fourth-order valence-corrected chi connectivity index (χ4v) is 7.53. The van der Waals surface area contributed by atoms with Crippen LogP contribution in [0.15, 0.2) is 30.3 Å². The van der Waals surface area contributed by atoms with Gasteiger partial charge in [-0.1, -0.05) is 78.3 Å². The molecule has 1 aromatic carbocycles. The monoisotopic (exact) mass is 1110 g/mol. The van der Waals surface area contributed by atoms with E-state index in [0.717, 1.165) is 6.92 Å². The van der Waals surface area contributed by atoms with Gasteiger partial charge in [0, 0.05) is 32.1 Å². The third kappa shape index (κ3) is 25.4. The van der Waals surface area contributed by atoms with Gasteiger partial charge in [0.25, 0.3) is 0 Å². The normalized spacial score (nSPS) is 15.4. The van der Waals surface area contributed by atoms with E-state index in [1.807, 2.05) is 0 Å². The molecule has 0 heterocycles. The molecule has 0 fully saturated rings. The lowest BCUT2D eigenvalue weighted by Gasteiger charge is -2.29. The Balaban J connectivity index is 3.57. The minimum Gasteiger partial charge on any atom is -0.481 e. The second-order valence-electron chi connectivity index (χ2n) is 19.7. The summed E-state index contributed by atoms with van der Waals surface area (Å²) in [5.41, 5.74) is 11.6. The summed E-state index contributed by atoms with van der Waals surface area (Å²) in [5, 5.41) is 68.0. The molecule has 11 atom stereocenters. The van der Waals surface area contributed by atoms with Gasteiger partial charge in [-0.15, -0.1) is 0 Å². The van der Waals surface area contributed by atoms with Crippen molar-refractivity contribution in [3.63, 3.8) is 0 Å². The fraction of sp³-hybridized carbons (Fsp3) is 0.620. The average molecular weight is 1110 g/mol. The zero-order valence-corrected chi connectivity index (χ0v) is 44.9. The van der Waals surface area contributed by atoms with Crippen LogP contribution < -0.4 is 54.0 Å². The van der Waals surface area contributed by atoms with Crippen molar-refractivity contribution in [2.24, 2.45) is 29.2 Å². The van der Waals surface area contributed by atoms with Gasteiger partial charge in [-0.25, -0.2) is 4.79 Å². The SMILES string of the molecule is CC[C@H](C)[C@H](NC(=O)[C@H](CCC(=O)O)NC(=O)[C@H](CCC(=O)O)NC(=O)[C@H](CC(C)C)NC(=O)[C@@H](NC(=O)[C@H](CCC(=O)O)NC(=O)[C@H](Cc1ccccc1)NC(=O)[C@@H](NC(=O)[C@@H](N)CCC(N)=O)C(C)C)[C@@H](C)O)C(=O)O. The Morgan fingerprint density at radius 1 is 0.474 bits per heavy atom. The first kappa shape index (κ1) is 68.3. The molecule has 436 valence electrons. The van der Waals surface area contributed by atoms with Crippen LogP contribution in [0.3, 0.4) is 0 Å². The Hall–Kier alpha value is -7.75. The Kier molecular flexibility index (Phi) is 29.9. The molecule has 17 N–H and O–H groups in total. The molecule has 0 aromatic heterocycles. The topological polar surface area (TPSA) is 471 Å². The van der Waals surface area contributed by atoms with Crippen LogP contribution in [0.1, 0.15) is 118 Å². The third-order valence-electron chi connectivity index (χ3n) is 12.2. The second kappa shape index (κ2) is 34.1. The van der Waals surface area contributed by atoms with Crippen molar-refractivity contribution in [2.75, 3.05) is 0 Å². The van der Waals surface area contributed by atoms with Crippen molar-refractivity contribution >= 4 is 77.0 Å². The number of carbonyl (C=O) groups excluding carboxylic acids is 9. The first-order valence-corrected chi connectivity index (χ1v) is 25.5. The minimum atomic E-state index is -1.93. The number of primary amides is 1. The predicted molar refractivity (Wildman–Crippen MR) is 276 cm³/mol. The van der Waals surface area contributed by atoms with E-state index < -0.39 is 194 Å². The number of hydrogen-bond acceptors (Lipinski definition) is 15. The van der Waals surface area contributed by atoms with E-state index in [0.29, 0.717) is 12.0 Å². The molecule has 28 nitrogen and oxygen atoms in total. The van der Waals surface area contributed by atoms with E-state index in [1.54, 1.807) is 65.0 Å². The number of rotatable bonds is 37. The zero-order valence-electron chi connectivity index (χ0n) is 44.9. The number of aliphatic carboxylic acids is 4. The number of carbonyl (C=O) groups is 13. The van der Waals surface area contributed by atoms with E-state index in [9.17, 15) is 87.9 Å². The molecule has 0 saturated heterocycles. The molecule has 0 radical (unpaired) electrons. The first-order chi connectivity index (χ1) is 36.4. The summed E-state index contributed by atoms with van der Waals surface area (Å²) in [5.74, 6) is -16.4. The molecule has 1 aromatic rings. The van der Waals surface area contributed by atoms with Gasteiger partial charge in [-0.2, -0.15) is 0 Å². The molecule has 0 aliphatic rings. The summed E-state index contributed by atoms with van der Waals surface area (Å²) < 4.78 is 0. The van der Waals surface area contributed by atoms with Gasteiger partial charge < -0.3 is 79.5 Å². The van der Waals surface area contributed by atoms with Crippen molar-refractivity contribution in [3.05, 3.63) is 35.9 Å². The maximum absolute atomic E-state index is 14.2. The standard InChI is InChI=1S/C50H78N10O18/c1-8-26(6)40(50(77)78)59-44(71)31(16-20-37(65)66)53-43(70)30(15-19-36(63)64)54-46(73)33(22-24(2)3)56-49(76)41(27(7)61)60-45(72)32(17-21-38(67)68)55-47(74)34(23-28-12-10-9-11-13-28)57-48(75)39(25(4)5)58-42(69)29(51)14-18-35(52)62/h9-13,24-27,29-34,39-41,61H,8,14-23,51H2,1-7H3,(H2,52,62)(H,53,70)(H,54,73)(H,55,74)(H,56,76)(H,57,75)(H,58,69)(H,59,71)(H,60,72)(H,63,64)(H,65,66)(H,67,68)(H,77,78)/t26-,27+,29-,30-,31-,32-,33-,34-,39-,40-,41-/m0/s1. The van der Waals surface area contributed by atoms with Crippen LogP contribution in [-0.2, 0) is 68.7 Å². The van der Waals surface area contributed by atoms with Crippen LogP contribution in [0.5, 0.6) is 0 Å². The van der Waals surface area contributed by atoms with Crippen LogP contribution in [0.2, 0.25) is 0 Å². The summed E-state index contributed by atoms with van der Waals surface area (Å²) in [7, 11) is 0. The highest BCUT2D eigenvalue weighted by molar-refractivity contribution is 5.98. The van der Waals surface area contributed by atoms with Gasteiger partial charge in [0.05, 0.1) is 12.1 Å². The molecule has 1 rings (SSSR count). The van der Waals surface area contributed by atoms with Gasteiger partial charge in [0.2, 0.25) is 53.2 Å². The largest absolute Gasteiger partial charge is 0.481 e. The number of benzene rings is 1. The summed E-state index contributed by atoms with van der Waals surface area (Å²) >= 11 is 0. The molecule has 0 saturated carbocycles. The van der Waals surface area contributed by atoms with Gasteiger partial charge >= 0.3 is 23.9 Å². The van der Waals surface area contributed by atoms with E-state index >= 15 is 0 Å². The van der Waals surface area contributed by atoms with E-state index in [4.69, 9.17) is 11.5 Å². The average Bonchev–Trinajstić information content (AvgIpc) is 3.35. The number of carboxylic acid groups (broad SMARTS) is 4. The van der Waals surface area contributed by atoms with Crippen molar-refractivity contribution < 1.29 is 87.9 Å². The Labute approximate surface area is 451 Å². The number of amides is 9. The van der Waals surface area contributed by atoms with Crippen LogP contribution in [0.25, 0.3) is 0 Å². The summed E-state index contributed by atoms with van der Waals surface area (Å²) in [6, 6.07) is -5.98. The first-order valence-electron chi connectivity index (χ1n) is 25.5. The summed E-state index contributed by atoms with van der Waals surface area (Å²) in [4.78, 5) is 168. The van der Waals surface area contributed by atoms with E-state index in [2.05, 4.69) is 42.5 Å². The number of hydrogen-bond donors (Lipinski definition) is 15. The quantitative estimate of drug-likeness (QED) is 0.0328. The van der Waals surface area contributed by atoms with Crippen molar-refractivity contribution in [3.8, 4) is 0 Å². The lowest BCUT2D eigenvalue weighted by atomic mass is 9.98. The second-order valence-corrected chi connectivity index (χ2v) is 19.7. The highest BCUT2D eigenvalue weighted by atomic mass is 16.4. The molecule has 0 aliphatic heterocycles. The molecule has 28 heteroatoms. The lowest BCUT2D eigenvalue weighted by molar-refractivity contribution is -0.144. The molecule has 0 bridgehead atoms. The highest BCUT2D eigenvalue weighted by Gasteiger charge is 2.37. The van der Waals surface area contributed by atoms with Crippen molar-refractivity contribution in [1.29, 1.82) is 0 Å². The zero-order chi connectivity index (χ0) is 59.6. The summed E-state index contributed by atoms with van der Waals surface area (Å²) in [6.45, 7) is 10.7. The third-order valence-corrected chi connectivity index (χ3v) is 12.2. The Morgan fingerprint density at radius 3 is 1.26 bits per heavy atom. The van der Waals surface area contributed by atoms with Gasteiger partial charge in [-0.05, 0) is 62.3 Å². The highest BCUT2D eigenvalue weighted by Crippen LogP contribution is 2.14. The maximum atomic E-state index is 14.2. The molecule has 78 heavy (non-hydrogen) atoms. The number of nitrogens with one attached hydrogen (secondary N) is 8. The number of nitrogens with two attached hydrogens (primary N) is 2. The minimum absolute atomic E-state index is 0.127. The van der Waals surface area contributed by atoms with Crippen LogP contribution in [-0.4, -0.2) is 163 Å². The fourth-order valence-electron chi connectivity index (χ4n) is 7.53. The molecule has 9 amide bonds. The van der Waals surface area contributed by atoms with Crippen molar-refractivity contribution in [2.45, 2.75) is 180 Å². The van der Waals surface area contributed by atoms with E-state index in [-0.39, 0.29) is 25.7 Å². The molecule has 0 unspecified atom stereocenters. The number of carboxylic acids is 4. The van der Waals surface area contributed by atoms with E-state index in [1.165, 1.54) is 6.92 Å². The Morgan fingerprint density at radius 2 is 0.859 bits per heavy atom. The maximum Gasteiger partial charge on any atom is 0.326 e. The molecule has 0 aliphatic carbocycles. The lowest BCUT2D eigenvalue weighted by Crippen LogP contribution is -2.62. The smallest absolute Gasteiger partial charge is 0.326 e. The summed E-state index contributed by atoms with van der Waals surface area (Å²) in [6.07, 6.45) is -6.09. The van der Waals surface area contributed by atoms with Gasteiger partial charge in [-0.3, -0.25) is 57.5 Å². The van der Waals surface area contributed by atoms with Crippen LogP contribution >= 0.6 is 0 Å². The van der Waals surface area contributed by atoms with Crippen LogP contribution in [0.4, 0.5) is 0 Å². The predicted octanol–water partition coefficient (Wildman–Crippen LogP) is -2.49. The molecular formula is C50H78N10O18.